The van der Waals surface area contributed by atoms with Crippen LogP contribution >= 0.6 is 27.3 Å². The molecule has 1 unspecified atom stereocenters. The molecule has 20 heavy (non-hydrogen) atoms. The van der Waals surface area contributed by atoms with E-state index in [1.54, 1.807) is 0 Å². The molecule has 4 heteroatoms. The minimum atomic E-state index is 0.374. The summed E-state index contributed by atoms with van der Waals surface area (Å²) in [6, 6.07) is 6.78. The number of hydrogen-bond acceptors (Lipinski definition) is 3. The van der Waals surface area contributed by atoms with Crippen molar-refractivity contribution in [2.75, 3.05) is 6.54 Å². The van der Waals surface area contributed by atoms with Crippen LogP contribution in [0.3, 0.4) is 0 Å². The van der Waals surface area contributed by atoms with E-state index < -0.39 is 0 Å². The lowest BCUT2D eigenvalue weighted by atomic mass is 10.0. The lowest BCUT2D eigenvalue weighted by Crippen LogP contribution is -2.24. The van der Waals surface area contributed by atoms with E-state index in [0.29, 0.717) is 6.04 Å². The Morgan fingerprint density at radius 2 is 2.15 bits per heavy atom. The summed E-state index contributed by atoms with van der Waals surface area (Å²) in [5, 5.41) is 5.87. The van der Waals surface area contributed by atoms with Crippen molar-refractivity contribution in [1.29, 1.82) is 0 Å². The maximum Gasteiger partial charge on any atom is 0.0473 e. The van der Waals surface area contributed by atoms with Gasteiger partial charge in [0.05, 0.1) is 0 Å². The normalized spacial score (nSPS) is 12.6. The Hall–Kier alpha value is -0.710. The zero-order valence-electron chi connectivity index (χ0n) is 12.0. The van der Waals surface area contributed by atoms with E-state index in [1.807, 2.05) is 17.5 Å². The Kier molecular flexibility index (Phi) is 6.20. The van der Waals surface area contributed by atoms with Gasteiger partial charge in [0, 0.05) is 33.7 Å². The van der Waals surface area contributed by atoms with E-state index in [2.05, 4.69) is 63.7 Å². The van der Waals surface area contributed by atoms with Crippen LogP contribution in [-0.2, 0) is 12.8 Å². The number of aryl methyl sites for hydroxylation is 1. The van der Waals surface area contributed by atoms with Gasteiger partial charge in [0.2, 0.25) is 0 Å². The van der Waals surface area contributed by atoms with Gasteiger partial charge in [-0.3, -0.25) is 4.98 Å². The highest BCUT2D eigenvalue weighted by molar-refractivity contribution is 9.10. The van der Waals surface area contributed by atoms with Crippen molar-refractivity contribution in [3.05, 3.63) is 50.4 Å². The lowest BCUT2D eigenvalue weighted by Gasteiger charge is -2.18. The molecule has 108 valence electrons. The van der Waals surface area contributed by atoms with Crippen LogP contribution in [0.2, 0.25) is 0 Å². The molecule has 2 aromatic heterocycles. The number of nitrogens with one attached hydrogen (secondary N) is 1. The fourth-order valence-corrected chi connectivity index (χ4v) is 3.57. The van der Waals surface area contributed by atoms with Gasteiger partial charge >= 0.3 is 0 Å². The molecule has 1 N–H and O–H groups in total. The molecule has 2 aromatic rings. The average molecular weight is 353 g/mol. The van der Waals surface area contributed by atoms with Crippen molar-refractivity contribution >= 4 is 27.3 Å². The molecule has 0 amide bonds. The predicted molar refractivity (Wildman–Crippen MR) is 90.4 cm³/mol. The molecule has 0 radical (unpaired) electrons. The van der Waals surface area contributed by atoms with Crippen LogP contribution in [0.25, 0.3) is 0 Å². The summed E-state index contributed by atoms with van der Waals surface area (Å²) in [6.07, 6.45) is 5.07. The monoisotopic (exact) mass is 352 g/mol. The summed E-state index contributed by atoms with van der Waals surface area (Å²) in [7, 11) is 0. The van der Waals surface area contributed by atoms with E-state index in [9.17, 15) is 0 Å². The van der Waals surface area contributed by atoms with Crippen LogP contribution < -0.4 is 5.32 Å². The molecule has 1 atom stereocenters. The van der Waals surface area contributed by atoms with E-state index in [0.717, 1.165) is 36.0 Å². The first-order chi connectivity index (χ1) is 9.74. The quantitative estimate of drug-likeness (QED) is 0.777. The first-order valence-electron chi connectivity index (χ1n) is 7.14. The highest BCUT2D eigenvalue weighted by Crippen LogP contribution is 2.27. The highest BCUT2D eigenvalue weighted by Gasteiger charge is 2.16. The number of thiophene rings is 1. The Balaban J connectivity index is 2.17. The van der Waals surface area contributed by atoms with Gasteiger partial charge in [-0.1, -0.05) is 13.8 Å². The van der Waals surface area contributed by atoms with Crippen molar-refractivity contribution in [3.63, 3.8) is 0 Å². The van der Waals surface area contributed by atoms with Crippen molar-refractivity contribution < 1.29 is 0 Å². The molecule has 2 nitrogen and oxygen atoms in total. The molecule has 2 rings (SSSR count). The number of halogens is 1. The van der Waals surface area contributed by atoms with Crippen molar-refractivity contribution in [3.8, 4) is 0 Å². The molecule has 0 spiro atoms. The number of hydrogen-bond donors (Lipinski definition) is 1. The summed E-state index contributed by atoms with van der Waals surface area (Å²) in [4.78, 5) is 5.97. The molecule has 0 aromatic carbocycles. The van der Waals surface area contributed by atoms with Crippen molar-refractivity contribution in [1.82, 2.24) is 10.3 Å². The number of aromatic nitrogens is 1. The second kappa shape index (κ2) is 7.91. The number of nitrogens with zero attached hydrogens (tertiary/aromatic N) is 1. The third kappa shape index (κ3) is 4.14. The van der Waals surface area contributed by atoms with E-state index in [1.165, 1.54) is 10.4 Å². The van der Waals surface area contributed by atoms with Crippen molar-refractivity contribution in [2.45, 2.75) is 39.2 Å². The highest BCUT2D eigenvalue weighted by atomic mass is 79.9. The fourth-order valence-electron chi connectivity index (χ4n) is 2.26. The van der Waals surface area contributed by atoms with E-state index in [-0.39, 0.29) is 0 Å². The summed E-state index contributed by atoms with van der Waals surface area (Å²) < 4.78 is 1.03. The van der Waals surface area contributed by atoms with Gasteiger partial charge in [-0.2, -0.15) is 0 Å². The van der Waals surface area contributed by atoms with Crippen LogP contribution in [0.4, 0.5) is 0 Å². The van der Waals surface area contributed by atoms with Crippen LogP contribution in [0.15, 0.2) is 34.2 Å². The van der Waals surface area contributed by atoms with Crippen LogP contribution in [0.1, 0.15) is 42.4 Å². The van der Waals surface area contributed by atoms with Crippen LogP contribution in [0.5, 0.6) is 0 Å². The van der Waals surface area contributed by atoms with E-state index >= 15 is 0 Å². The molecule has 0 bridgehead atoms. The van der Waals surface area contributed by atoms with Gasteiger partial charge in [-0.15, -0.1) is 11.3 Å². The first-order valence-corrected chi connectivity index (χ1v) is 8.82. The molecule has 2 heterocycles. The zero-order chi connectivity index (χ0) is 14.4. The Morgan fingerprint density at radius 3 is 2.80 bits per heavy atom. The zero-order valence-corrected chi connectivity index (χ0v) is 14.4. The molecular weight excluding hydrogens is 332 g/mol. The van der Waals surface area contributed by atoms with Crippen molar-refractivity contribution in [2.24, 2.45) is 0 Å². The average Bonchev–Trinajstić information content (AvgIpc) is 2.94. The summed E-state index contributed by atoms with van der Waals surface area (Å²) in [5.41, 5.74) is 2.60. The fraction of sp³-hybridized carbons (Fsp3) is 0.438. The SMILES string of the molecule is CCCNC(Cc1ccc(Br)cn1)c1sccc1CC. The van der Waals surface area contributed by atoms with Gasteiger partial charge in [0.15, 0.2) is 0 Å². The topological polar surface area (TPSA) is 24.9 Å². The predicted octanol–water partition coefficient (Wildman–Crippen LogP) is 4.75. The molecule has 0 saturated heterocycles. The third-order valence-corrected chi connectivity index (χ3v) is 4.86. The molecular formula is C16H21BrN2S. The summed E-state index contributed by atoms with van der Waals surface area (Å²) >= 11 is 5.29. The van der Waals surface area contributed by atoms with Gasteiger partial charge in [0.25, 0.3) is 0 Å². The minimum Gasteiger partial charge on any atom is -0.309 e. The van der Waals surface area contributed by atoms with Gasteiger partial charge < -0.3 is 5.32 Å². The molecule has 0 aliphatic rings. The second-order valence-corrected chi connectivity index (χ2v) is 6.71. The first kappa shape index (κ1) is 15.7. The molecule has 0 fully saturated rings. The minimum absolute atomic E-state index is 0.374. The second-order valence-electron chi connectivity index (χ2n) is 4.84. The standard InChI is InChI=1S/C16H21BrN2S/c1-3-8-18-15(16-12(4-2)7-9-20-16)10-14-6-5-13(17)11-19-14/h5-7,9,11,15,18H,3-4,8,10H2,1-2H3. The van der Waals surface area contributed by atoms with Crippen LogP contribution in [0, 0.1) is 0 Å². The Labute approximate surface area is 133 Å². The Morgan fingerprint density at radius 1 is 1.30 bits per heavy atom. The number of pyridine rings is 1. The summed E-state index contributed by atoms with van der Waals surface area (Å²) in [5.74, 6) is 0. The lowest BCUT2D eigenvalue weighted by molar-refractivity contribution is 0.529. The maximum absolute atomic E-state index is 4.51. The third-order valence-electron chi connectivity index (χ3n) is 3.32. The van der Waals surface area contributed by atoms with E-state index in [4.69, 9.17) is 0 Å². The van der Waals surface area contributed by atoms with Gasteiger partial charge in [-0.05, 0) is 64.5 Å². The largest absolute Gasteiger partial charge is 0.309 e. The maximum atomic E-state index is 4.51. The molecule has 0 saturated carbocycles. The molecule has 0 aliphatic carbocycles. The smallest absolute Gasteiger partial charge is 0.0473 e. The van der Waals surface area contributed by atoms with Gasteiger partial charge in [-0.25, -0.2) is 0 Å². The van der Waals surface area contributed by atoms with Gasteiger partial charge in [0.1, 0.15) is 0 Å². The number of rotatable bonds is 7. The van der Waals surface area contributed by atoms with Crippen LogP contribution in [-0.4, -0.2) is 11.5 Å². The summed E-state index contributed by atoms with van der Waals surface area (Å²) in [6.45, 7) is 5.47. The molecule has 0 aliphatic heterocycles. The Bertz CT molecular complexity index is 522.